The van der Waals surface area contributed by atoms with E-state index in [-0.39, 0.29) is 28.2 Å². The maximum atomic E-state index is 10.9. The van der Waals surface area contributed by atoms with E-state index in [1.807, 2.05) is 60.7 Å². The molecule has 1 N–H and O–H groups in total. The van der Waals surface area contributed by atoms with E-state index in [2.05, 4.69) is 104 Å². The van der Waals surface area contributed by atoms with E-state index in [1.165, 1.54) is 16.8 Å². The molecule has 0 atom stereocenters. The van der Waals surface area contributed by atoms with Crippen molar-refractivity contribution in [3.8, 4) is 51.3 Å². The van der Waals surface area contributed by atoms with Crippen molar-refractivity contribution in [1.82, 2.24) is 24.1 Å². The molecule has 5 aromatic carbocycles. The number of imidazole rings is 2. The Hall–Kier alpha value is -5.32. The van der Waals surface area contributed by atoms with Gasteiger partial charge in [0, 0.05) is 33.7 Å². The molecule has 0 radical (unpaired) electrons. The maximum Gasteiger partial charge on any atom is 0.164 e. The SMILES string of the molecule is CC(C)c1cccc(C(C)C)c1-n1c(-c2cccc(-c3cccc4c3nc(-c3ccccc3O)n4-c3ccccc3)n2)nc2ccccc21.[2HH].[Pt]. The zero-order valence-corrected chi connectivity index (χ0v) is 30.6. The molecule has 0 unspecified atom stereocenters. The average molecular weight is 838 g/mol. The molecular formula is C43H39N5OPt. The van der Waals surface area contributed by atoms with Crippen molar-refractivity contribution in [2.24, 2.45) is 0 Å². The Labute approximate surface area is 307 Å². The minimum Gasteiger partial charge on any atom is -0.507 e. The fraction of sp³-hybridized carbons (Fsp3) is 0.140. The van der Waals surface area contributed by atoms with E-state index in [0.29, 0.717) is 23.2 Å². The molecule has 0 bridgehead atoms. The van der Waals surface area contributed by atoms with Gasteiger partial charge in [0.25, 0.3) is 0 Å². The van der Waals surface area contributed by atoms with Gasteiger partial charge in [-0.15, -0.1) is 0 Å². The van der Waals surface area contributed by atoms with E-state index < -0.39 is 0 Å². The van der Waals surface area contributed by atoms with Crippen molar-refractivity contribution in [3.05, 3.63) is 145 Å². The van der Waals surface area contributed by atoms with E-state index in [9.17, 15) is 5.11 Å². The second kappa shape index (κ2) is 13.5. The molecule has 0 amide bonds. The van der Waals surface area contributed by atoms with Gasteiger partial charge >= 0.3 is 0 Å². The van der Waals surface area contributed by atoms with Gasteiger partial charge in [-0.25, -0.2) is 15.0 Å². The monoisotopic (exact) mass is 837 g/mol. The predicted molar refractivity (Wildman–Crippen MR) is 202 cm³/mol. The smallest absolute Gasteiger partial charge is 0.164 e. The average Bonchev–Trinajstić information content (AvgIpc) is 3.71. The summed E-state index contributed by atoms with van der Waals surface area (Å²) in [6.45, 7) is 9.00. The fourth-order valence-electron chi connectivity index (χ4n) is 6.89. The number of phenols is 1. The van der Waals surface area contributed by atoms with Crippen LogP contribution in [-0.4, -0.2) is 29.2 Å². The number of hydrogen-bond donors (Lipinski definition) is 1. The van der Waals surface area contributed by atoms with Gasteiger partial charge in [-0.3, -0.25) is 9.13 Å². The van der Waals surface area contributed by atoms with Crippen LogP contribution in [0, 0.1) is 0 Å². The number of nitrogens with zero attached hydrogens (tertiary/aromatic N) is 5. The minimum atomic E-state index is 0. The summed E-state index contributed by atoms with van der Waals surface area (Å²) in [4.78, 5) is 15.7. The molecule has 0 aliphatic heterocycles. The molecule has 6 nitrogen and oxygen atoms in total. The van der Waals surface area contributed by atoms with Crippen molar-refractivity contribution < 1.29 is 27.6 Å². The molecule has 0 aliphatic carbocycles. The summed E-state index contributed by atoms with van der Waals surface area (Å²) in [5.41, 5.74) is 11.5. The second-order valence-corrected chi connectivity index (χ2v) is 13.1. The summed E-state index contributed by atoms with van der Waals surface area (Å²) in [5.74, 6) is 2.28. The number of benzene rings is 5. The predicted octanol–water partition coefficient (Wildman–Crippen LogP) is 11.0. The van der Waals surface area contributed by atoms with Gasteiger partial charge in [0.15, 0.2) is 5.82 Å². The third kappa shape index (κ3) is 5.64. The minimum absolute atomic E-state index is 0. The molecule has 0 saturated heterocycles. The Morgan fingerprint density at radius 2 is 1.12 bits per heavy atom. The van der Waals surface area contributed by atoms with Crippen molar-refractivity contribution >= 4 is 22.1 Å². The third-order valence-corrected chi connectivity index (χ3v) is 9.23. The maximum absolute atomic E-state index is 10.9. The van der Waals surface area contributed by atoms with Gasteiger partial charge in [0.1, 0.15) is 17.3 Å². The zero-order valence-electron chi connectivity index (χ0n) is 28.4. The van der Waals surface area contributed by atoms with E-state index in [4.69, 9.17) is 15.0 Å². The Morgan fingerprint density at radius 1 is 0.520 bits per heavy atom. The first-order chi connectivity index (χ1) is 23.9. The molecule has 7 heteroatoms. The van der Waals surface area contributed by atoms with Crippen molar-refractivity contribution in [1.29, 1.82) is 0 Å². The summed E-state index contributed by atoms with van der Waals surface area (Å²) < 4.78 is 4.42. The molecule has 3 aromatic heterocycles. The van der Waals surface area contributed by atoms with Crippen LogP contribution in [0.2, 0.25) is 0 Å². The number of aromatic hydroxyl groups is 1. The van der Waals surface area contributed by atoms with Crippen LogP contribution in [0.25, 0.3) is 67.6 Å². The third-order valence-electron chi connectivity index (χ3n) is 9.23. The Bertz CT molecular complexity index is 2460. The zero-order chi connectivity index (χ0) is 33.6. The van der Waals surface area contributed by atoms with Gasteiger partial charge in [-0.2, -0.15) is 0 Å². The molecular weight excluding hydrogens is 798 g/mol. The molecule has 0 aliphatic rings. The summed E-state index contributed by atoms with van der Waals surface area (Å²) in [6, 6.07) is 44.8. The van der Waals surface area contributed by atoms with E-state index >= 15 is 0 Å². The quantitative estimate of drug-likeness (QED) is 0.174. The van der Waals surface area contributed by atoms with Gasteiger partial charge in [-0.1, -0.05) is 107 Å². The number of rotatable bonds is 7. The van der Waals surface area contributed by atoms with Gasteiger partial charge < -0.3 is 5.11 Å². The molecule has 0 spiro atoms. The van der Waals surface area contributed by atoms with Crippen LogP contribution in [0.5, 0.6) is 5.75 Å². The first kappa shape index (κ1) is 33.2. The molecule has 50 heavy (non-hydrogen) atoms. The number of fused-ring (bicyclic) bond motifs is 2. The van der Waals surface area contributed by atoms with Gasteiger partial charge in [0.2, 0.25) is 0 Å². The number of pyridine rings is 1. The van der Waals surface area contributed by atoms with Crippen LogP contribution in [-0.2, 0) is 21.1 Å². The number of hydrogen-bond acceptors (Lipinski definition) is 4. The second-order valence-electron chi connectivity index (χ2n) is 13.1. The number of aromatic nitrogens is 5. The Kier molecular flexibility index (Phi) is 8.98. The van der Waals surface area contributed by atoms with E-state index in [0.717, 1.165) is 50.5 Å². The summed E-state index contributed by atoms with van der Waals surface area (Å²) >= 11 is 0. The molecule has 8 aromatic rings. The Morgan fingerprint density at radius 3 is 1.86 bits per heavy atom. The van der Waals surface area contributed by atoms with Crippen LogP contribution in [0.4, 0.5) is 0 Å². The largest absolute Gasteiger partial charge is 0.507 e. The summed E-state index contributed by atoms with van der Waals surface area (Å²) in [5, 5.41) is 10.9. The fourth-order valence-corrected chi connectivity index (χ4v) is 6.89. The Balaban J connectivity index is 0.00000224. The summed E-state index contributed by atoms with van der Waals surface area (Å²) in [6.07, 6.45) is 0. The van der Waals surface area contributed by atoms with Crippen LogP contribution >= 0.6 is 0 Å². The molecule has 3 heterocycles. The van der Waals surface area contributed by atoms with Crippen LogP contribution in [0.3, 0.4) is 0 Å². The van der Waals surface area contributed by atoms with Crippen LogP contribution in [0.15, 0.2) is 133 Å². The van der Waals surface area contributed by atoms with E-state index in [1.54, 1.807) is 6.07 Å². The standard InChI is InChI=1S/C43H37N5O.Pt.H2/c1-27(2)30-18-12-19-31(28(3)4)41(30)48-37-24-10-9-21-35(37)45-43(48)36-23-14-22-34(44-36)32-20-13-25-38-40(32)46-42(33-17-8-11-26-39(33)49)47(38)29-15-6-5-7-16-29;;/h5-28,49H,1-4H3;;1H/i;;1+1. The summed E-state index contributed by atoms with van der Waals surface area (Å²) in [7, 11) is 0. The van der Waals surface area contributed by atoms with Crippen molar-refractivity contribution in [2.45, 2.75) is 39.5 Å². The van der Waals surface area contributed by atoms with Gasteiger partial charge in [-0.05, 0) is 77.6 Å². The molecule has 8 rings (SSSR count). The topological polar surface area (TPSA) is 68.8 Å². The normalized spacial score (nSPS) is 11.5. The molecule has 252 valence electrons. The van der Waals surface area contributed by atoms with Gasteiger partial charge in [0.05, 0.1) is 39.0 Å². The van der Waals surface area contributed by atoms with Crippen molar-refractivity contribution in [3.63, 3.8) is 0 Å². The molecule has 0 saturated carbocycles. The number of para-hydroxylation sites is 6. The first-order valence-electron chi connectivity index (χ1n) is 16.8. The van der Waals surface area contributed by atoms with Crippen molar-refractivity contribution in [2.75, 3.05) is 0 Å². The first-order valence-corrected chi connectivity index (χ1v) is 16.8. The van der Waals surface area contributed by atoms with Crippen LogP contribution in [0.1, 0.15) is 52.1 Å². The molecule has 0 fully saturated rings. The number of phenolic OH excluding ortho intramolecular Hbond substituents is 1. The van der Waals surface area contributed by atoms with Crippen LogP contribution < -0.4 is 0 Å².